The number of Topliss-reactive ketones (excluding diaryl/α,β-unsaturated/α-hetero) is 1. The summed E-state index contributed by atoms with van der Waals surface area (Å²) < 4.78 is 5.04. The van der Waals surface area contributed by atoms with Crippen LogP contribution in [-0.4, -0.2) is 17.9 Å². The van der Waals surface area contributed by atoms with Crippen molar-refractivity contribution in [1.29, 1.82) is 0 Å². The van der Waals surface area contributed by atoms with Crippen molar-refractivity contribution in [2.24, 2.45) is 0 Å². The topological polar surface area (TPSA) is 39.2 Å². The lowest BCUT2D eigenvalue weighted by molar-refractivity contribution is 0.0996. The van der Waals surface area contributed by atoms with Gasteiger partial charge in [0.15, 0.2) is 5.78 Å². The quantitative estimate of drug-likeness (QED) is 0.786. The van der Waals surface area contributed by atoms with Gasteiger partial charge in [0.25, 0.3) is 0 Å². The van der Waals surface area contributed by atoms with Crippen LogP contribution in [0.25, 0.3) is 0 Å². The zero-order chi connectivity index (χ0) is 11.5. The van der Waals surface area contributed by atoms with Crippen molar-refractivity contribution in [3.63, 3.8) is 0 Å². The predicted molar refractivity (Wildman–Crippen MR) is 65.8 cm³/mol. The molecule has 0 N–H and O–H groups in total. The van der Waals surface area contributed by atoms with Crippen LogP contribution < -0.4 is 4.74 Å². The molecule has 0 aromatic carbocycles. The van der Waals surface area contributed by atoms with Crippen LogP contribution in [0.15, 0.2) is 16.8 Å². The molecule has 0 aliphatic rings. The van der Waals surface area contributed by atoms with E-state index in [9.17, 15) is 4.79 Å². The number of rotatable bonds is 4. The van der Waals surface area contributed by atoms with Gasteiger partial charge in [-0.1, -0.05) is 0 Å². The fourth-order valence-corrected chi connectivity index (χ4v) is 2.72. The number of thiazole rings is 1. The fraction of sp³-hybridized carbons (Fsp3) is 0.273. The summed E-state index contributed by atoms with van der Waals surface area (Å²) in [4.78, 5) is 16.9. The lowest BCUT2D eigenvalue weighted by Gasteiger charge is -1.94. The lowest BCUT2D eigenvalue weighted by atomic mass is 10.2. The molecule has 0 aliphatic carbocycles. The first-order valence-corrected chi connectivity index (χ1v) is 6.51. The van der Waals surface area contributed by atoms with Gasteiger partial charge >= 0.3 is 0 Å². The van der Waals surface area contributed by atoms with E-state index in [1.54, 1.807) is 24.5 Å². The zero-order valence-electron chi connectivity index (χ0n) is 9.02. The van der Waals surface area contributed by atoms with Crippen molar-refractivity contribution in [2.45, 2.75) is 13.3 Å². The van der Waals surface area contributed by atoms with Crippen molar-refractivity contribution < 1.29 is 9.53 Å². The van der Waals surface area contributed by atoms with Crippen molar-refractivity contribution in [3.8, 4) is 5.75 Å². The van der Waals surface area contributed by atoms with Gasteiger partial charge in [0, 0.05) is 16.8 Å². The second kappa shape index (κ2) is 4.76. The molecule has 0 amide bonds. The lowest BCUT2D eigenvalue weighted by Crippen LogP contribution is -2.01. The zero-order valence-corrected chi connectivity index (χ0v) is 10.7. The Kier molecular flexibility index (Phi) is 3.36. The molecule has 0 saturated heterocycles. The second-order valence-electron chi connectivity index (χ2n) is 3.31. The number of hydrogen-bond acceptors (Lipinski definition) is 5. The summed E-state index contributed by atoms with van der Waals surface area (Å²) in [5.74, 6) is 0.835. The van der Waals surface area contributed by atoms with Gasteiger partial charge in [-0.25, -0.2) is 4.98 Å². The maximum atomic E-state index is 11.9. The van der Waals surface area contributed by atoms with Gasteiger partial charge in [-0.05, 0) is 6.92 Å². The number of ketones is 1. The normalized spacial score (nSPS) is 10.4. The number of aromatic nitrogens is 1. The van der Waals surface area contributed by atoms with Crippen LogP contribution in [-0.2, 0) is 6.42 Å². The van der Waals surface area contributed by atoms with Crippen LogP contribution in [0, 0.1) is 6.92 Å². The van der Waals surface area contributed by atoms with Crippen LogP contribution in [0.5, 0.6) is 5.75 Å². The van der Waals surface area contributed by atoms with Crippen LogP contribution in [0.3, 0.4) is 0 Å². The third kappa shape index (κ3) is 2.48. The Balaban J connectivity index is 2.08. The highest BCUT2D eigenvalue weighted by atomic mass is 32.1. The standard InChI is InChI=1S/C11H11NO2S2/c1-7-12-8(5-15-7)3-10(13)11-4-9(14-2)6-16-11/h4-6H,3H2,1-2H3. The van der Waals surface area contributed by atoms with Crippen LogP contribution in [0.1, 0.15) is 20.4 Å². The average molecular weight is 253 g/mol. The molecule has 0 bridgehead atoms. The molecule has 0 spiro atoms. The molecule has 0 aliphatic heterocycles. The molecule has 0 fully saturated rings. The largest absolute Gasteiger partial charge is 0.496 e. The third-order valence-electron chi connectivity index (χ3n) is 2.09. The highest BCUT2D eigenvalue weighted by Crippen LogP contribution is 2.22. The van der Waals surface area contributed by atoms with Gasteiger partial charge in [0.1, 0.15) is 5.75 Å². The maximum Gasteiger partial charge on any atom is 0.178 e. The molecule has 2 rings (SSSR count). The Hall–Kier alpha value is -1.20. The minimum absolute atomic E-state index is 0.0959. The summed E-state index contributed by atoms with van der Waals surface area (Å²) in [5, 5.41) is 4.75. The summed E-state index contributed by atoms with van der Waals surface area (Å²) in [6.45, 7) is 1.94. The van der Waals surface area contributed by atoms with E-state index in [1.807, 2.05) is 17.7 Å². The summed E-state index contributed by atoms with van der Waals surface area (Å²) in [7, 11) is 1.60. The highest BCUT2D eigenvalue weighted by molar-refractivity contribution is 7.12. The van der Waals surface area contributed by atoms with E-state index in [0.29, 0.717) is 6.42 Å². The Morgan fingerprint density at radius 3 is 2.81 bits per heavy atom. The summed E-state index contributed by atoms with van der Waals surface area (Å²) in [6, 6.07) is 1.77. The first-order chi connectivity index (χ1) is 7.69. The molecule has 0 atom stereocenters. The van der Waals surface area contributed by atoms with E-state index in [0.717, 1.165) is 21.3 Å². The van der Waals surface area contributed by atoms with Crippen molar-refractivity contribution >= 4 is 28.5 Å². The molecule has 5 heteroatoms. The van der Waals surface area contributed by atoms with Crippen LogP contribution in [0.2, 0.25) is 0 Å². The molecular formula is C11H11NO2S2. The van der Waals surface area contributed by atoms with Gasteiger partial charge in [-0.15, -0.1) is 22.7 Å². The van der Waals surface area contributed by atoms with Crippen molar-refractivity contribution in [3.05, 3.63) is 32.4 Å². The number of ether oxygens (including phenoxy) is 1. The number of nitrogens with zero attached hydrogens (tertiary/aromatic N) is 1. The predicted octanol–water partition coefficient (Wildman–Crippen LogP) is 2.95. The van der Waals surface area contributed by atoms with Gasteiger partial charge < -0.3 is 4.74 Å². The molecule has 2 heterocycles. The minimum Gasteiger partial charge on any atom is -0.496 e. The maximum absolute atomic E-state index is 11.9. The van der Waals surface area contributed by atoms with Gasteiger partial charge in [0.2, 0.25) is 0 Å². The Morgan fingerprint density at radius 2 is 2.25 bits per heavy atom. The SMILES string of the molecule is COc1csc(C(=O)Cc2csc(C)n2)c1. The average Bonchev–Trinajstić information content (AvgIpc) is 2.87. The van der Waals surface area contributed by atoms with Gasteiger partial charge in [-0.2, -0.15) is 0 Å². The second-order valence-corrected chi connectivity index (χ2v) is 5.28. The first-order valence-electron chi connectivity index (χ1n) is 4.76. The monoisotopic (exact) mass is 253 g/mol. The molecule has 2 aromatic heterocycles. The van der Waals surface area contributed by atoms with Crippen LogP contribution >= 0.6 is 22.7 Å². The van der Waals surface area contributed by atoms with Gasteiger partial charge in [-0.3, -0.25) is 4.79 Å². The number of thiophene rings is 1. The molecular weight excluding hydrogens is 242 g/mol. The minimum atomic E-state index is 0.0959. The van der Waals surface area contributed by atoms with Gasteiger partial charge in [0.05, 0.1) is 29.1 Å². The summed E-state index contributed by atoms with van der Waals surface area (Å²) in [5.41, 5.74) is 0.847. The van der Waals surface area contributed by atoms with Crippen LogP contribution in [0.4, 0.5) is 0 Å². The number of aryl methyl sites for hydroxylation is 1. The smallest absolute Gasteiger partial charge is 0.178 e. The molecule has 84 valence electrons. The Labute approximate surface area is 102 Å². The van der Waals surface area contributed by atoms with E-state index in [4.69, 9.17) is 4.74 Å². The number of methoxy groups -OCH3 is 1. The Morgan fingerprint density at radius 1 is 1.44 bits per heavy atom. The van der Waals surface area contributed by atoms with E-state index in [2.05, 4.69) is 4.98 Å². The van der Waals surface area contributed by atoms with E-state index in [1.165, 1.54) is 11.3 Å². The molecule has 2 aromatic rings. The Bertz CT molecular complexity index is 502. The highest BCUT2D eigenvalue weighted by Gasteiger charge is 2.12. The van der Waals surface area contributed by atoms with Crippen molar-refractivity contribution in [2.75, 3.05) is 7.11 Å². The van der Waals surface area contributed by atoms with Crippen molar-refractivity contribution in [1.82, 2.24) is 4.98 Å². The molecule has 3 nitrogen and oxygen atoms in total. The molecule has 0 radical (unpaired) electrons. The number of carbonyl (C=O) groups excluding carboxylic acids is 1. The van der Waals surface area contributed by atoms with E-state index in [-0.39, 0.29) is 5.78 Å². The molecule has 16 heavy (non-hydrogen) atoms. The van der Waals surface area contributed by atoms with E-state index >= 15 is 0 Å². The molecule has 0 saturated carbocycles. The number of carbonyl (C=O) groups is 1. The third-order valence-corrected chi connectivity index (χ3v) is 3.87. The fourth-order valence-electron chi connectivity index (χ4n) is 1.31. The number of hydrogen-bond donors (Lipinski definition) is 0. The van der Waals surface area contributed by atoms with E-state index < -0.39 is 0 Å². The molecule has 0 unspecified atom stereocenters. The summed E-state index contributed by atoms with van der Waals surface area (Å²) >= 11 is 2.98. The first kappa shape index (κ1) is 11.3. The summed E-state index contributed by atoms with van der Waals surface area (Å²) in [6.07, 6.45) is 0.369.